The van der Waals surface area contributed by atoms with Crippen molar-refractivity contribution in [1.29, 1.82) is 0 Å². The number of carbonyl (C=O) groups is 1. The summed E-state index contributed by atoms with van der Waals surface area (Å²) < 4.78 is 11.8. The largest absolute Gasteiger partial charge is 0.454 e. The van der Waals surface area contributed by atoms with E-state index >= 15 is 0 Å². The summed E-state index contributed by atoms with van der Waals surface area (Å²) in [6, 6.07) is 4.43. The van der Waals surface area contributed by atoms with Gasteiger partial charge in [-0.15, -0.1) is 0 Å². The van der Waals surface area contributed by atoms with Crippen molar-refractivity contribution in [3.8, 4) is 11.5 Å². The molecule has 1 aromatic heterocycles. The molecule has 0 spiro atoms. The van der Waals surface area contributed by atoms with Crippen LogP contribution in [0.25, 0.3) is 6.08 Å². The fourth-order valence-corrected chi connectivity index (χ4v) is 2.33. The molecule has 2 heterocycles. The molecule has 8 heteroatoms. The average Bonchev–Trinajstić information content (AvgIpc) is 3.08. The number of ketones is 1. The number of aryl methyl sites for hydroxylation is 2. The van der Waals surface area contributed by atoms with Crippen LogP contribution in [0, 0.1) is 17.0 Å². The van der Waals surface area contributed by atoms with Gasteiger partial charge in [-0.2, -0.15) is 5.10 Å². The first-order chi connectivity index (χ1) is 11.0. The number of aromatic nitrogens is 2. The zero-order valence-electron chi connectivity index (χ0n) is 12.5. The minimum absolute atomic E-state index is 0.0207. The molecule has 0 N–H and O–H groups in total. The lowest BCUT2D eigenvalue weighted by atomic mass is 10.1. The van der Waals surface area contributed by atoms with E-state index < -0.39 is 4.92 Å². The first kappa shape index (κ1) is 14.8. The van der Waals surface area contributed by atoms with E-state index in [0.29, 0.717) is 17.2 Å². The van der Waals surface area contributed by atoms with Crippen LogP contribution in [0.5, 0.6) is 11.5 Å². The Balaban J connectivity index is 1.94. The van der Waals surface area contributed by atoms with Crippen LogP contribution in [0.2, 0.25) is 0 Å². The molecule has 0 saturated carbocycles. The number of hydrogen-bond acceptors (Lipinski definition) is 6. The molecule has 1 aromatic carbocycles. The van der Waals surface area contributed by atoms with Crippen molar-refractivity contribution in [2.24, 2.45) is 7.05 Å². The zero-order valence-corrected chi connectivity index (χ0v) is 12.5. The molecule has 0 fully saturated rings. The fourth-order valence-electron chi connectivity index (χ4n) is 2.33. The number of carbonyl (C=O) groups excluding carboxylic acids is 1. The molecular weight excluding hydrogens is 302 g/mol. The lowest BCUT2D eigenvalue weighted by Crippen LogP contribution is -2.04. The van der Waals surface area contributed by atoms with E-state index in [-0.39, 0.29) is 23.8 Å². The van der Waals surface area contributed by atoms with Crippen molar-refractivity contribution < 1.29 is 19.2 Å². The van der Waals surface area contributed by atoms with Crippen molar-refractivity contribution >= 4 is 17.5 Å². The van der Waals surface area contributed by atoms with E-state index in [0.717, 1.165) is 5.69 Å². The molecule has 0 amide bonds. The molecule has 0 aliphatic carbocycles. The maximum absolute atomic E-state index is 12.2. The highest BCUT2D eigenvalue weighted by Gasteiger charge is 2.22. The van der Waals surface area contributed by atoms with E-state index in [1.807, 2.05) is 0 Å². The Kier molecular flexibility index (Phi) is 3.57. The Morgan fingerprint density at radius 1 is 1.35 bits per heavy atom. The molecular formula is C15H13N3O5. The van der Waals surface area contributed by atoms with Gasteiger partial charge in [0, 0.05) is 7.05 Å². The first-order valence-corrected chi connectivity index (χ1v) is 6.77. The van der Waals surface area contributed by atoms with Crippen LogP contribution in [-0.4, -0.2) is 27.3 Å². The van der Waals surface area contributed by atoms with Crippen LogP contribution in [0.1, 0.15) is 21.7 Å². The summed E-state index contributed by atoms with van der Waals surface area (Å²) in [7, 11) is 1.66. The maximum Gasteiger partial charge on any atom is 0.280 e. The average molecular weight is 315 g/mol. The van der Waals surface area contributed by atoms with Gasteiger partial charge >= 0.3 is 0 Å². The van der Waals surface area contributed by atoms with Gasteiger partial charge in [0.2, 0.25) is 12.6 Å². The highest BCUT2D eigenvalue weighted by atomic mass is 16.7. The minimum atomic E-state index is -0.527. The van der Waals surface area contributed by atoms with Gasteiger partial charge in [0.15, 0.2) is 11.5 Å². The van der Waals surface area contributed by atoms with Crippen molar-refractivity contribution in [2.45, 2.75) is 6.92 Å². The second kappa shape index (κ2) is 5.56. The van der Waals surface area contributed by atoms with Crippen molar-refractivity contribution in [2.75, 3.05) is 6.79 Å². The summed E-state index contributed by atoms with van der Waals surface area (Å²) in [5.41, 5.74) is 1.24. The van der Waals surface area contributed by atoms with E-state index in [1.54, 1.807) is 20.0 Å². The Hall–Kier alpha value is -3.16. The number of allylic oxidation sites excluding steroid dienone is 1. The molecule has 0 atom stereocenters. The van der Waals surface area contributed by atoms with Gasteiger partial charge in [-0.05, 0) is 31.2 Å². The third kappa shape index (κ3) is 2.78. The number of nitrogens with zero attached hydrogens (tertiary/aromatic N) is 3. The van der Waals surface area contributed by atoms with Crippen LogP contribution < -0.4 is 9.47 Å². The smallest absolute Gasteiger partial charge is 0.280 e. The van der Waals surface area contributed by atoms with E-state index in [4.69, 9.17) is 9.47 Å². The second-order valence-electron chi connectivity index (χ2n) is 5.01. The van der Waals surface area contributed by atoms with E-state index in [9.17, 15) is 14.9 Å². The minimum Gasteiger partial charge on any atom is -0.454 e. The zero-order chi connectivity index (χ0) is 16.6. The highest BCUT2D eigenvalue weighted by Crippen LogP contribution is 2.38. The topological polar surface area (TPSA) is 96.5 Å². The molecule has 3 rings (SSSR count). The molecule has 0 bridgehead atoms. The Bertz CT molecular complexity index is 838. The number of fused-ring (bicyclic) bond motifs is 1. The number of benzene rings is 1. The number of hydrogen-bond donors (Lipinski definition) is 0. The normalized spacial score (nSPS) is 12.8. The van der Waals surface area contributed by atoms with Crippen LogP contribution >= 0.6 is 0 Å². The molecule has 0 saturated heterocycles. The van der Waals surface area contributed by atoms with E-state index in [2.05, 4.69) is 5.10 Å². The van der Waals surface area contributed by atoms with Gasteiger partial charge in [-0.1, -0.05) is 0 Å². The van der Waals surface area contributed by atoms with Crippen LogP contribution in [0.3, 0.4) is 0 Å². The predicted molar refractivity (Wildman–Crippen MR) is 80.5 cm³/mol. The summed E-state index contributed by atoms with van der Waals surface area (Å²) in [5.74, 6) is 0.446. The SMILES string of the molecule is Cc1cc(C(=O)/C=C/c2cc3c(cc2[N+](=O)[O-])OCO3)n(C)n1. The first-order valence-electron chi connectivity index (χ1n) is 6.77. The van der Waals surface area contributed by atoms with Crippen molar-refractivity contribution in [1.82, 2.24) is 9.78 Å². The Labute approximate surface area is 131 Å². The van der Waals surface area contributed by atoms with Gasteiger partial charge in [-0.25, -0.2) is 0 Å². The second-order valence-corrected chi connectivity index (χ2v) is 5.01. The molecule has 0 unspecified atom stereocenters. The number of rotatable bonds is 4. The summed E-state index contributed by atoms with van der Waals surface area (Å²) in [6.45, 7) is 1.80. The van der Waals surface area contributed by atoms with Crippen LogP contribution in [0.15, 0.2) is 24.3 Å². The van der Waals surface area contributed by atoms with Crippen molar-refractivity contribution in [3.05, 3.63) is 51.3 Å². The van der Waals surface area contributed by atoms with Crippen LogP contribution in [-0.2, 0) is 7.05 Å². The molecule has 1 aliphatic heterocycles. The molecule has 8 nitrogen and oxygen atoms in total. The monoisotopic (exact) mass is 315 g/mol. The standard InChI is InChI=1S/C15H13N3O5/c1-9-5-12(17(2)16-9)13(19)4-3-10-6-14-15(23-8-22-14)7-11(10)18(20)21/h3-7H,8H2,1-2H3/b4-3+. The third-order valence-electron chi connectivity index (χ3n) is 3.39. The molecule has 1 aliphatic rings. The van der Waals surface area contributed by atoms with Crippen LogP contribution in [0.4, 0.5) is 5.69 Å². The Morgan fingerprint density at radius 2 is 2.04 bits per heavy atom. The number of ether oxygens (including phenoxy) is 2. The van der Waals surface area contributed by atoms with Gasteiger partial charge in [0.1, 0.15) is 5.69 Å². The molecule has 118 valence electrons. The lowest BCUT2D eigenvalue weighted by molar-refractivity contribution is -0.385. The molecule has 0 radical (unpaired) electrons. The van der Waals surface area contributed by atoms with Gasteiger partial charge in [0.05, 0.1) is 22.2 Å². The molecule has 2 aromatic rings. The van der Waals surface area contributed by atoms with Gasteiger partial charge in [-0.3, -0.25) is 19.6 Å². The highest BCUT2D eigenvalue weighted by molar-refractivity contribution is 6.06. The van der Waals surface area contributed by atoms with Gasteiger partial charge < -0.3 is 9.47 Å². The summed E-state index contributed by atoms with van der Waals surface area (Å²) >= 11 is 0. The number of nitro groups is 1. The lowest BCUT2D eigenvalue weighted by Gasteiger charge is -2.01. The van der Waals surface area contributed by atoms with E-state index in [1.165, 1.54) is 29.0 Å². The van der Waals surface area contributed by atoms with Gasteiger partial charge in [0.25, 0.3) is 5.69 Å². The summed E-state index contributed by atoms with van der Waals surface area (Å²) in [4.78, 5) is 22.8. The number of nitro benzene ring substituents is 1. The molecule has 23 heavy (non-hydrogen) atoms. The fraction of sp³-hybridized carbons (Fsp3) is 0.200. The summed E-state index contributed by atoms with van der Waals surface area (Å²) in [6.07, 6.45) is 2.67. The Morgan fingerprint density at radius 3 is 2.65 bits per heavy atom. The van der Waals surface area contributed by atoms with Crippen molar-refractivity contribution in [3.63, 3.8) is 0 Å². The third-order valence-corrected chi connectivity index (χ3v) is 3.39. The predicted octanol–water partition coefficient (Wildman–Crippen LogP) is 2.26. The summed E-state index contributed by atoms with van der Waals surface area (Å²) in [5, 5.41) is 15.3. The maximum atomic E-state index is 12.2. The quantitative estimate of drug-likeness (QED) is 0.371.